The second-order valence-electron chi connectivity index (χ2n) is 5.52. The van der Waals surface area contributed by atoms with Crippen LogP contribution in [0.15, 0.2) is 0 Å². The third kappa shape index (κ3) is 3.45. The lowest BCUT2D eigenvalue weighted by Gasteiger charge is -2.16. The lowest BCUT2D eigenvalue weighted by molar-refractivity contribution is 0.685. The van der Waals surface area contributed by atoms with Gasteiger partial charge >= 0.3 is 0 Å². The van der Waals surface area contributed by atoms with Gasteiger partial charge in [-0.3, -0.25) is 0 Å². The second-order valence-corrected chi connectivity index (χ2v) is 5.52. The number of anilines is 3. The lowest BCUT2D eigenvalue weighted by atomic mass is 10.2. The highest BCUT2D eigenvalue weighted by Crippen LogP contribution is 2.33. The fraction of sp³-hybridized carbons (Fsp3) is 0.769. The molecule has 0 aromatic carbocycles. The standard InChI is InChI=1S/C13H22N6/c14-11-16-12(15-7-3-4-10-5-6-10)18-13(17-11)19-8-1-2-9-19/h10H,1-9H2,(H3,14,15,16,17,18). The minimum absolute atomic E-state index is 0.307. The molecule has 2 fully saturated rings. The molecule has 104 valence electrons. The van der Waals surface area contributed by atoms with E-state index in [9.17, 15) is 0 Å². The number of nitrogen functional groups attached to an aromatic ring is 1. The van der Waals surface area contributed by atoms with E-state index in [0.717, 1.165) is 31.5 Å². The summed E-state index contributed by atoms with van der Waals surface area (Å²) in [5.74, 6) is 2.62. The minimum Gasteiger partial charge on any atom is -0.368 e. The van der Waals surface area contributed by atoms with E-state index in [0.29, 0.717) is 11.9 Å². The van der Waals surface area contributed by atoms with Crippen molar-refractivity contribution in [2.75, 3.05) is 35.6 Å². The van der Waals surface area contributed by atoms with E-state index in [4.69, 9.17) is 5.73 Å². The molecule has 1 aliphatic carbocycles. The molecule has 1 aromatic heterocycles. The Morgan fingerprint density at radius 3 is 2.68 bits per heavy atom. The molecular formula is C13H22N6. The maximum atomic E-state index is 5.76. The van der Waals surface area contributed by atoms with Crippen LogP contribution in [0, 0.1) is 5.92 Å². The van der Waals surface area contributed by atoms with Crippen molar-refractivity contribution in [1.29, 1.82) is 0 Å². The average molecular weight is 262 g/mol. The van der Waals surface area contributed by atoms with Crippen LogP contribution in [0.2, 0.25) is 0 Å². The van der Waals surface area contributed by atoms with Gasteiger partial charge in [0.2, 0.25) is 17.8 Å². The van der Waals surface area contributed by atoms with Crippen molar-refractivity contribution >= 4 is 17.8 Å². The van der Waals surface area contributed by atoms with Crippen molar-refractivity contribution in [3.63, 3.8) is 0 Å². The molecule has 0 spiro atoms. The van der Waals surface area contributed by atoms with Gasteiger partial charge in [-0.1, -0.05) is 12.8 Å². The molecule has 0 amide bonds. The van der Waals surface area contributed by atoms with Gasteiger partial charge in [0.15, 0.2) is 0 Å². The summed E-state index contributed by atoms with van der Waals surface area (Å²) in [5.41, 5.74) is 5.76. The van der Waals surface area contributed by atoms with E-state index in [1.807, 2.05) is 0 Å². The van der Waals surface area contributed by atoms with Crippen LogP contribution >= 0.6 is 0 Å². The molecule has 6 heteroatoms. The smallest absolute Gasteiger partial charge is 0.231 e. The number of hydrogen-bond acceptors (Lipinski definition) is 6. The van der Waals surface area contributed by atoms with Crippen molar-refractivity contribution in [2.45, 2.75) is 38.5 Å². The molecule has 1 saturated carbocycles. The van der Waals surface area contributed by atoms with Gasteiger partial charge < -0.3 is 16.0 Å². The number of hydrogen-bond donors (Lipinski definition) is 2. The normalized spacial score (nSPS) is 18.8. The lowest BCUT2D eigenvalue weighted by Crippen LogP contribution is -2.22. The summed E-state index contributed by atoms with van der Waals surface area (Å²) in [4.78, 5) is 15.0. The van der Waals surface area contributed by atoms with Crippen molar-refractivity contribution in [3.8, 4) is 0 Å². The highest BCUT2D eigenvalue weighted by atomic mass is 15.3. The van der Waals surface area contributed by atoms with Crippen LogP contribution < -0.4 is 16.0 Å². The molecule has 19 heavy (non-hydrogen) atoms. The molecule has 1 aromatic rings. The monoisotopic (exact) mass is 262 g/mol. The van der Waals surface area contributed by atoms with Crippen LogP contribution in [0.25, 0.3) is 0 Å². The van der Waals surface area contributed by atoms with Gasteiger partial charge in [0.25, 0.3) is 0 Å². The molecule has 1 saturated heterocycles. The second kappa shape index (κ2) is 5.59. The average Bonchev–Trinajstić information content (AvgIpc) is 3.05. The number of nitrogens with zero attached hydrogens (tertiary/aromatic N) is 4. The highest BCUT2D eigenvalue weighted by Gasteiger charge is 2.20. The number of rotatable bonds is 6. The van der Waals surface area contributed by atoms with Gasteiger partial charge in [0, 0.05) is 19.6 Å². The molecule has 0 bridgehead atoms. The van der Waals surface area contributed by atoms with Crippen LogP contribution in [-0.2, 0) is 0 Å². The first-order valence-electron chi connectivity index (χ1n) is 7.31. The molecular weight excluding hydrogens is 240 g/mol. The quantitative estimate of drug-likeness (QED) is 0.759. The van der Waals surface area contributed by atoms with E-state index >= 15 is 0 Å². The first-order chi connectivity index (χ1) is 9.31. The van der Waals surface area contributed by atoms with E-state index < -0.39 is 0 Å². The third-order valence-corrected chi connectivity index (χ3v) is 3.80. The molecule has 3 rings (SSSR count). The summed E-state index contributed by atoms with van der Waals surface area (Å²) in [6.07, 6.45) is 7.73. The SMILES string of the molecule is Nc1nc(NCCCC2CC2)nc(N2CCCC2)n1. The van der Waals surface area contributed by atoms with Crippen molar-refractivity contribution in [3.05, 3.63) is 0 Å². The van der Waals surface area contributed by atoms with Crippen LogP contribution in [0.1, 0.15) is 38.5 Å². The van der Waals surface area contributed by atoms with Crippen molar-refractivity contribution in [1.82, 2.24) is 15.0 Å². The predicted molar refractivity (Wildman–Crippen MR) is 76.1 cm³/mol. The number of nitrogens with one attached hydrogen (secondary N) is 1. The molecule has 3 N–H and O–H groups in total. The molecule has 2 heterocycles. The molecule has 6 nitrogen and oxygen atoms in total. The zero-order chi connectivity index (χ0) is 13.1. The fourth-order valence-corrected chi connectivity index (χ4v) is 2.52. The summed E-state index contributed by atoms with van der Waals surface area (Å²) < 4.78 is 0. The van der Waals surface area contributed by atoms with Crippen molar-refractivity contribution < 1.29 is 0 Å². The Hall–Kier alpha value is -1.59. The number of nitrogens with two attached hydrogens (primary N) is 1. The Bertz CT molecular complexity index is 425. The fourth-order valence-electron chi connectivity index (χ4n) is 2.52. The highest BCUT2D eigenvalue weighted by molar-refractivity contribution is 5.42. The molecule has 0 atom stereocenters. The van der Waals surface area contributed by atoms with Crippen LogP contribution in [0.5, 0.6) is 0 Å². The van der Waals surface area contributed by atoms with Gasteiger partial charge in [-0.05, 0) is 31.6 Å². The van der Waals surface area contributed by atoms with Gasteiger partial charge in [0.05, 0.1) is 0 Å². The van der Waals surface area contributed by atoms with Gasteiger partial charge in [-0.15, -0.1) is 0 Å². The zero-order valence-corrected chi connectivity index (χ0v) is 11.3. The van der Waals surface area contributed by atoms with E-state index in [-0.39, 0.29) is 0 Å². The molecule has 1 aliphatic heterocycles. The third-order valence-electron chi connectivity index (χ3n) is 3.80. The first kappa shape index (κ1) is 12.4. The van der Waals surface area contributed by atoms with Crippen LogP contribution in [-0.4, -0.2) is 34.6 Å². The number of aromatic nitrogens is 3. The minimum atomic E-state index is 0.307. The van der Waals surface area contributed by atoms with E-state index in [1.165, 1.54) is 38.5 Å². The van der Waals surface area contributed by atoms with E-state index in [2.05, 4.69) is 25.2 Å². The summed E-state index contributed by atoms with van der Waals surface area (Å²) >= 11 is 0. The summed E-state index contributed by atoms with van der Waals surface area (Å²) in [6.45, 7) is 2.95. The zero-order valence-electron chi connectivity index (χ0n) is 11.3. The first-order valence-corrected chi connectivity index (χ1v) is 7.31. The molecule has 0 unspecified atom stereocenters. The van der Waals surface area contributed by atoms with Crippen LogP contribution in [0.4, 0.5) is 17.8 Å². The maximum absolute atomic E-state index is 5.76. The Morgan fingerprint density at radius 1 is 1.16 bits per heavy atom. The topological polar surface area (TPSA) is 80.0 Å². The Kier molecular flexibility index (Phi) is 3.66. The van der Waals surface area contributed by atoms with Crippen LogP contribution in [0.3, 0.4) is 0 Å². The maximum Gasteiger partial charge on any atom is 0.231 e. The summed E-state index contributed by atoms with van der Waals surface area (Å²) in [6, 6.07) is 0. The Morgan fingerprint density at radius 2 is 1.95 bits per heavy atom. The summed E-state index contributed by atoms with van der Waals surface area (Å²) in [7, 11) is 0. The van der Waals surface area contributed by atoms with Gasteiger partial charge in [-0.25, -0.2) is 0 Å². The predicted octanol–water partition coefficient (Wildman–Crippen LogP) is 1.66. The Labute approximate surface area is 113 Å². The Balaban J connectivity index is 1.56. The van der Waals surface area contributed by atoms with Crippen molar-refractivity contribution in [2.24, 2.45) is 5.92 Å². The van der Waals surface area contributed by atoms with E-state index in [1.54, 1.807) is 0 Å². The van der Waals surface area contributed by atoms with Gasteiger partial charge in [0.1, 0.15) is 0 Å². The van der Waals surface area contributed by atoms with Gasteiger partial charge in [-0.2, -0.15) is 15.0 Å². The molecule has 0 radical (unpaired) electrons. The molecule has 2 aliphatic rings. The largest absolute Gasteiger partial charge is 0.368 e. The summed E-state index contributed by atoms with van der Waals surface area (Å²) in [5, 5.41) is 3.26.